The molecular weight excluding hydrogens is 605 g/mol. The largest absolute Gasteiger partial charge is 0.507 e. The van der Waals surface area contributed by atoms with Crippen LogP contribution in [0.1, 0.15) is 52.9 Å². The summed E-state index contributed by atoms with van der Waals surface area (Å²) in [7, 11) is 1.27. The number of carbonyl (C=O) groups excluding carboxylic acids is 3. The number of benzene rings is 3. The first kappa shape index (κ1) is 30.9. The van der Waals surface area contributed by atoms with Gasteiger partial charge in [-0.05, 0) is 60.0 Å². The van der Waals surface area contributed by atoms with E-state index in [0.717, 1.165) is 24.2 Å². The van der Waals surface area contributed by atoms with Crippen molar-refractivity contribution >= 4 is 51.6 Å². The van der Waals surface area contributed by atoms with Gasteiger partial charge in [0.1, 0.15) is 17.3 Å². The van der Waals surface area contributed by atoms with Gasteiger partial charge in [0, 0.05) is 11.3 Å². The van der Waals surface area contributed by atoms with Gasteiger partial charge in [0.25, 0.3) is 5.78 Å². The number of halogens is 1. The average molecular weight is 634 g/mol. The molecule has 1 aliphatic rings. The predicted octanol–water partition coefficient (Wildman–Crippen LogP) is 6.56. The van der Waals surface area contributed by atoms with E-state index in [1.54, 1.807) is 54.6 Å². The molecule has 5 rings (SSSR count). The van der Waals surface area contributed by atoms with Gasteiger partial charge in [-0.25, -0.2) is 9.18 Å². The smallest absolute Gasteiger partial charge is 0.337 e. The Hall–Kier alpha value is -4.55. The minimum Gasteiger partial charge on any atom is -0.507 e. The number of unbranched alkanes of at least 4 members (excludes halogenated alkanes) is 1. The Morgan fingerprint density at radius 1 is 1.02 bits per heavy atom. The molecule has 1 aromatic heterocycles. The Bertz CT molecular complexity index is 1710. The molecule has 2 heterocycles. The molecule has 0 spiro atoms. The van der Waals surface area contributed by atoms with Crippen LogP contribution in [-0.2, 0) is 20.1 Å². The van der Waals surface area contributed by atoms with Gasteiger partial charge in [-0.1, -0.05) is 66.8 Å². The maximum atomic E-state index is 14.1. The van der Waals surface area contributed by atoms with Crippen molar-refractivity contribution in [3.05, 3.63) is 106 Å². The molecule has 0 saturated carbocycles. The van der Waals surface area contributed by atoms with Crippen LogP contribution >= 0.6 is 23.1 Å². The molecule has 1 amide bonds. The third-order valence-electron chi connectivity index (χ3n) is 6.90. The second kappa shape index (κ2) is 13.8. The number of nitrogens with zero attached hydrogens (tertiary/aromatic N) is 3. The maximum absolute atomic E-state index is 14.1. The Labute approximate surface area is 261 Å². The molecule has 0 radical (unpaired) electrons. The molecule has 1 saturated heterocycles. The van der Waals surface area contributed by atoms with Gasteiger partial charge in [0.2, 0.25) is 5.13 Å². The number of aliphatic hydroxyl groups is 1. The first-order valence-electron chi connectivity index (χ1n) is 13.7. The molecule has 1 atom stereocenters. The second-order valence-electron chi connectivity index (χ2n) is 9.74. The molecule has 0 unspecified atom stereocenters. The molecular formula is C32H28FN3O6S2. The fourth-order valence-corrected chi connectivity index (χ4v) is 6.43. The highest BCUT2D eigenvalue weighted by atomic mass is 32.2. The standard InChI is InChI=1S/C32H28FN3O6S2/c1-3-4-17-42-23-15-13-20(14-16-23)27(37)25-26(19-9-11-21(12-10-19)30(40)41-2)36(29(39)28(25)38)31-34-35-32(44-31)43-18-22-7-5-6-8-24(22)33/h5-16,26,37H,3-4,17-18H2,1-2H3/t26-/m1/s1. The molecule has 0 aliphatic carbocycles. The quantitative estimate of drug-likeness (QED) is 0.0372. The zero-order chi connectivity index (χ0) is 31.2. The van der Waals surface area contributed by atoms with Gasteiger partial charge < -0.3 is 14.6 Å². The number of hydrogen-bond donors (Lipinski definition) is 1. The third-order valence-corrected chi connectivity index (χ3v) is 9.00. The normalized spacial score (nSPS) is 15.9. The number of aromatic nitrogens is 2. The zero-order valence-corrected chi connectivity index (χ0v) is 25.5. The van der Waals surface area contributed by atoms with E-state index < -0.39 is 23.7 Å². The summed E-state index contributed by atoms with van der Waals surface area (Å²) in [5.41, 5.74) is 1.39. The number of Topliss-reactive ketones (excluding diaryl/α,β-unsaturated/α-hetero) is 1. The van der Waals surface area contributed by atoms with Crippen molar-refractivity contribution in [2.45, 2.75) is 35.9 Å². The minimum absolute atomic E-state index is 0.129. The Morgan fingerprint density at radius 2 is 1.73 bits per heavy atom. The number of amides is 1. The lowest BCUT2D eigenvalue weighted by Crippen LogP contribution is -2.29. The van der Waals surface area contributed by atoms with Crippen LogP contribution in [0.5, 0.6) is 5.75 Å². The molecule has 1 aliphatic heterocycles. The van der Waals surface area contributed by atoms with Gasteiger partial charge in [-0.2, -0.15) is 0 Å². The van der Waals surface area contributed by atoms with Crippen molar-refractivity contribution < 1.29 is 33.4 Å². The van der Waals surface area contributed by atoms with Crippen LogP contribution in [0.2, 0.25) is 0 Å². The number of rotatable bonds is 11. The van der Waals surface area contributed by atoms with Gasteiger partial charge in [0.05, 0.1) is 30.9 Å². The molecule has 1 N–H and O–H groups in total. The molecule has 44 heavy (non-hydrogen) atoms. The van der Waals surface area contributed by atoms with Crippen LogP contribution in [0.25, 0.3) is 5.76 Å². The lowest BCUT2D eigenvalue weighted by atomic mass is 9.94. The van der Waals surface area contributed by atoms with Crippen LogP contribution in [0.15, 0.2) is 82.7 Å². The molecule has 1 fully saturated rings. The van der Waals surface area contributed by atoms with E-state index in [1.807, 2.05) is 0 Å². The van der Waals surface area contributed by atoms with Gasteiger partial charge >= 0.3 is 11.9 Å². The number of aliphatic hydroxyl groups excluding tert-OH is 1. The molecule has 4 aromatic rings. The maximum Gasteiger partial charge on any atom is 0.337 e. The number of thioether (sulfide) groups is 1. The number of ether oxygens (including phenoxy) is 2. The van der Waals surface area contributed by atoms with E-state index in [2.05, 4.69) is 17.1 Å². The Balaban J connectivity index is 1.51. The topological polar surface area (TPSA) is 119 Å². The molecule has 0 bridgehead atoms. The molecule has 226 valence electrons. The number of esters is 1. The van der Waals surface area contributed by atoms with Gasteiger partial charge in [-0.3, -0.25) is 14.5 Å². The third kappa shape index (κ3) is 6.51. The fourth-order valence-electron chi connectivity index (χ4n) is 4.58. The van der Waals surface area contributed by atoms with Crippen LogP contribution in [0.3, 0.4) is 0 Å². The van der Waals surface area contributed by atoms with Crippen LogP contribution in [-0.4, -0.2) is 46.7 Å². The van der Waals surface area contributed by atoms with E-state index in [-0.39, 0.29) is 33.6 Å². The summed E-state index contributed by atoms with van der Waals surface area (Å²) >= 11 is 2.31. The second-order valence-corrected chi connectivity index (χ2v) is 11.9. The van der Waals surface area contributed by atoms with Crippen LogP contribution in [0, 0.1) is 5.82 Å². The highest BCUT2D eigenvalue weighted by Crippen LogP contribution is 2.44. The van der Waals surface area contributed by atoms with E-state index in [9.17, 15) is 23.9 Å². The van der Waals surface area contributed by atoms with Crippen molar-refractivity contribution in [2.24, 2.45) is 0 Å². The van der Waals surface area contributed by atoms with Gasteiger partial charge in [0.15, 0.2) is 4.34 Å². The van der Waals surface area contributed by atoms with E-state index in [0.29, 0.717) is 33.4 Å². The predicted molar refractivity (Wildman–Crippen MR) is 165 cm³/mol. The highest BCUT2D eigenvalue weighted by molar-refractivity contribution is 8.00. The first-order chi connectivity index (χ1) is 21.3. The summed E-state index contributed by atoms with van der Waals surface area (Å²) in [6, 6.07) is 18.1. The number of anilines is 1. The van der Waals surface area contributed by atoms with Crippen molar-refractivity contribution in [3.8, 4) is 5.75 Å². The van der Waals surface area contributed by atoms with Crippen molar-refractivity contribution in [2.75, 3.05) is 18.6 Å². The number of ketones is 1. The lowest BCUT2D eigenvalue weighted by Gasteiger charge is -2.22. The van der Waals surface area contributed by atoms with Gasteiger partial charge in [-0.15, -0.1) is 10.2 Å². The number of carbonyl (C=O) groups is 3. The monoisotopic (exact) mass is 633 g/mol. The van der Waals surface area contributed by atoms with Crippen molar-refractivity contribution in [3.63, 3.8) is 0 Å². The first-order valence-corrected chi connectivity index (χ1v) is 15.5. The summed E-state index contributed by atoms with van der Waals surface area (Å²) in [6.07, 6.45) is 1.88. The summed E-state index contributed by atoms with van der Waals surface area (Å²) in [5, 5.41) is 19.9. The highest BCUT2D eigenvalue weighted by Gasteiger charge is 2.48. The zero-order valence-electron chi connectivity index (χ0n) is 23.9. The summed E-state index contributed by atoms with van der Waals surface area (Å²) < 4.78 is 25.1. The lowest BCUT2D eigenvalue weighted by molar-refractivity contribution is -0.132. The van der Waals surface area contributed by atoms with E-state index in [4.69, 9.17) is 9.47 Å². The summed E-state index contributed by atoms with van der Waals surface area (Å²) in [5.74, 6) is -2.15. The van der Waals surface area contributed by atoms with Crippen LogP contribution < -0.4 is 9.64 Å². The molecule has 3 aromatic carbocycles. The van der Waals surface area contributed by atoms with Crippen molar-refractivity contribution in [1.29, 1.82) is 0 Å². The summed E-state index contributed by atoms with van der Waals surface area (Å²) in [6.45, 7) is 2.61. The summed E-state index contributed by atoms with van der Waals surface area (Å²) in [4.78, 5) is 40.3. The number of hydrogen-bond acceptors (Lipinski definition) is 10. The SMILES string of the molecule is CCCCOc1ccc(C(O)=C2C(=O)C(=O)N(c3nnc(SCc4ccccc4F)s3)[C@@H]2c2ccc(C(=O)OC)cc2)cc1. The van der Waals surface area contributed by atoms with Crippen molar-refractivity contribution in [1.82, 2.24) is 10.2 Å². The minimum atomic E-state index is -1.07. The average Bonchev–Trinajstić information content (AvgIpc) is 3.62. The van der Waals surface area contributed by atoms with E-state index >= 15 is 0 Å². The molecule has 12 heteroatoms. The Morgan fingerprint density at radius 3 is 2.41 bits per heavy atom. The molecule has 9 nitrogen and oxygen atoms in total. The number of methoxy groups -OCH3 is 1. The van der Waals surface area contributed by atoms with E-state index in [1.165, 1.54) is 42.0 Å². The fraction of sp³-hybridized carbons (Fsp3) is 0.219. The Kier molecular flexibility index (Phi) is 9.71. The van der Waals surface area contributed by atoms with Crippen LogP contribution in [0.4, 0.5) is 9.52 Å².